The van der Waals surface area contributed by atoms with Crippen LogP contribution in [0, 0.1) is 11.6 Å². The Kier molecular flexibility index (Phi) is 5.30. The number of benzene rings is 2. The van der Waals surface area contributed by atoms with E-state index < -0.39 is 0 Å². The highest BCUT2D eigenvalue weighted by Crippen LogP contribution is 2.01. The quantitative estimate of drug-likeness (QED) is 0.581. The molecule has 0 aliphatic carbocycles. The molecule has 0 amide bonds. The number of unbranched alkanes of at least 4 members (excludes halogenated alkanes) is 1. The molecule has 0 radical (unpaired) electrons. The molecule has 0 unspecified atom stereocenters. The van der Waals surface area contributed by atoms with Crippen LogP contribution in [0.15, 0.2) is 48.5 Å². The lowest BCUT2D eigenvalue weighted by Gasteiger charge is -2.15. The SMILES string of the molecule is CCCCOB(c1ccc(F)cc1)c1ccc(F)cc1. The van der Waals surface area contributed by atoms with Crippen molar-refractivity contribution >= 4 is 17.8 Å². The fourth-order valence-corrected chi connectivity index (χ4v) is 2.01. The van der Waals surface area contributed by atoms with E-state index in [-0.39, 0.29) is 18.6 Å². The molecule has 2 aromatic carbocycles. The van der Waals surface area contributed by atoms with Gasteiger partial charge in [0.15, 0.2) is 0 Å². The predicted molar refractivity (Wildman–Crippen MR) is 78.7 cm³/mol. The van der Waals surface area contributed by atoms with E-state index in [0.717, 1.165) is 23.8 Å². The van der Waals surface area contributed by atoms with E-state index in [1.165, 1.54) is 24.3 Å². The Hall–Kier alpha value is -1.68. The van der Waals surface area contributed by atoms with Crippen molar-refractivity contribution in [2.45, 2.75) is 19.8 Å². The first-order valence-electron chi connectivity index (χ1n) is 6.83. The molecule has 4 heteroatoms. The molecule has 0 spiro atoms. The third kappa shape index (κ3) is 3.91. The highest BCUT2D eigenvalue weighted by atomic mass is 19.1. The zero-order valence-electron chi connectivity index (χ0n) is 11.5. The van der Waals surface area contributed by atoms with Crippen molar-refractivity contribution in [1.29, 1.82) is 0 Å². The van der Waals surface area contributed by atoms with Crippen LogP contribution in [0.1, 0.15) is 19.8 Å². The van der Waals surface area contributed by atoms with E-state index in [4.69, 9.17) is 4.65 Å². The second kappa shape index (κ2) is 7.20. The van der Waals surface area contributed by atoms with Crippen molar-refractivity contribution in [1.82, 2.24) is 0 Å². The molecule has 0 saturated carbocycles. The molecule has 0 fully saturated rings. The standard InChI is InChI=1S/C16H17BF2O/c1-2-3-12-20-17(13-4-8-15(18)9-5-13)14-6-10-16(19)11-7-14/h4-11H,2-3,12H2,1H3. The van der Waals surface area contributed by atoms with Crippen LogP contribution in [0.2, 0.25) is 0 Å². The molecule has 0 atom stereocenters. The Balaban J connectivity index is 2.23. The number of halogens is 2. The van der Waals surface area contributed by atoms with E-state index in [1.807, 2.05) is 0 Å². The average Bonchev–Trinajstić information content (AvgIpc) is 2.46. The molecule has 2 rings (SSSR count). The van der Waals surface area contributed by atoms with E-state index in [2.05, 4.69) is 6.92 Å². The van der Waals surface area contributed by atoms with Crippen LogP contribution < -0.4 is 10.9 Å². The van der Waals surface area contributed by atoms with Gasteiger partial charge in [0.25, 0.3) is 0 Å². The van der Waals surface area contributed by atoms with Gasteiger partial charge in [0, 0.05) is 6.61 Å². The zero-order chi connectivity index (χ0) is 14.4. The summed E-state index contributed by atoms with van der Waals surface area (Å²) in [5.41, 5.74) is 1.74. The van der Waals surface area contributed by atoms with Crippen LogP contribution in [-0.2, 0) is 4.65 Å². The lowest BCUT2D eigenvalue weighted by atomic mass is 9.55. The van der Waals surface area contributed by atoms with Gasteiger partial charge in [0.2, 0.25) is 0 Å². The van der Waals surface area contributed by atoms with Crippen LogP contribution in [0.4, 0.5) is 8.78 Å². The Labute approximate surface area is 118 Å². The summed E-state index contributed by atoms with van der Waals surface area (Å²) in [5, 5.41) is 0. The second-order valence-corrected chi connectivity index (χ2v) is 4.71. The van der Waals surface area contributed by atoms with Crippen LogP contribution >= 0.6 is 0 Å². The number of rotatable bonds is 6. The number of hydrogen-bond donors (Lipinski definition) is 0. The normalized spacial score (nSPS) is 10.6. The first kappa shape index (κ1) is 14.7. The van der Waals surface area contributed by atoms with Crippen molar-refractivity contribution in [3.8, 4) is 0 Å². The smallest absolute Gasteiger partial charge is 0.361 e. The molecule has 0 heterocycles. The van der Waals surface area contributed by atoms with Gasteiger partial charge in [-0.3, -0.25) is 0 Å². The van der Waals surface area contributed by atoms with Crippen molar-refractivity contribution in [3.05, 3.63) is 60.2 Å². The third-order valence-corrected chi connectivity index (χ3v) is 3.13. The van der Waals surface area contributed by atoms with Crippen LogP contribution in [0.5, 0.6) is 0 Å². The molecule has 0 aromatic heterocycles. The van der Waals surface area contributed by atoms with Crippen molar-refractivity contribution in [2.24, 2.45) is 0 Å². The zero-order valence-corrected chi connectivity index (χ0v) is 11.5. The second-order valence-electron chi connectivity index (χ2n) is 4.71. The maximum absolute atomic E-state index is 13.0. The Morgan fingerprint density at radius 1 is 0.850 bits per heavy atom. The third-order valence-electron chi connectivity index (χ3n) is 3.13. The predicted octanol–water partition coefficient (Wildman–Crippen LogP) is 2.89. The minimum Gasteiger partial charge on any atom is -0.427 e. The van der Waals surface area contributed by atoms with E-state index in [1.54, 1.807) is 24.3 Å². The summed E-state index contributed by atoms with van der Waals surface area (Å²) in [5.74, 6) is -0.555. The van der Waals surface area contributed by atoms with Crippen molar-refractivity contribution in [2.75, 3.05) is 6.61 Å². The highest BCUT2D eigenvalue weighted by Gasteiger charge is 2.21. The van der Waals surface area contributed by atoms with Gasteiger partial charge in [-0.15, -0.1) is 0 Å². The topological polar surface area (TPSA) is 9.23 Å². The molecule has 0 N–H and O–H groups in total. The molecule has 0 aliphatic rings. The summed E-state index contributed by atoms with van der Waals surface area (Å²) in [7, 11) is 0. The maximum Gasteiger partial charge on any atom is 0.361 e. The first-order valence-corrected chi connectivity index (χ1v) is 6.83. The molecule has 0 bridgehead atoms. The van der Waals surface area contributed by atoms with Gasteiger partial charge >= 0.3 is 6.92 Å². The van der Waals surface area contributed by atoms with Gasteiger partial charge in [-0.1, -0.05) is 37.6 Å². The molecule has 0 saturated heterocycles. The van der Waals surface area contributed by atoms with Gasteiger partial charge in [-0.25, -0.2) is 8.78 Å². The first-order chi connectivity index (χ1) is 9.70. The van der Waals surface area contributed by atoms with E-state index in [0.29, 0.717) is 6.61 Å². The van der Waals surface area contributed by atoms with Gasteiger partial charge in [0.1, 0.15) is 11.6 Å². The summed E-state index contributed by atoms with van der Waals surface area (Å²) in [6.45, 7) is 2.42. The van der Waals surface area contributed by atoms with E-state index >= 15 is 0 Å². The number of hydrogen-bond acceptors (Lipinski definition) is 1. The lowest BCUT2D eigenvalue weighted by molar-refractivity contribution is 0.324. The fraction of sp³-hybridized carbons (Fsp3) is 0.250. The Bertz CT molecular complexity index is 480. The molecule has 1 nitrogen and oxygen atoms in total. The fourth-order valence-electron chi connectivity index (χ4n) is 2.01. The molecular weight excluding hydrogens is 257 g/mol. The molecule has 0 aliphatic heterocycles. The monoisotopic (exact) mass is 274 g/mol. The summed E-state index contributed by atoms with van der Waals surface area (Å²) in [6, 6.07) is 12.5. The average molecular weight is 274 g/mol. The Morgan fingerprint density at radius 2 is 1.30 bits per heavy atom. The van der Waals surface area contributed by atoms with Gasteiger partial charge in [0.05, 0.1) is 0 Å². The lowest BCUT2D eigenvalue weighted by Crippen LogP contribution is -2.45. The van der Waals surface area contributed by atoms with Gasteiger partial charge in [-0.2, -0.15) is 0 Å². The summed E-state index contributed by atoms with van der Waals surface area (Å²) in [6.07, 6.45) is 2.00. The van der Waals surface area contributed by atoms with Crippen LogP contribution in [-0.4, -0.2) is 13.5 Å². The molecule has 104 valence electrons. The summed E-state index contributed by atoms with van der Waals surface area (Å²) >= 11 is 0. The van der Waals surface area contributed by atoms with E-state index in [9.17, 15) is 8.78 Å². The summed E-state index contributed by atoms with van der Waals surface area (Å²) in [4.78, 5) is 0. The van der Waals surface area contributed by atoms with Crippen LogP contribution in [0.3, 0.4) is 0 Å². The minimum atomic E-state index is -0.289. The Morgan fingerprint density at radius 3 is 1.70 bits per heavy atom. The van der Waals surface area contributed by atoms with Crippen molar-refractivity contribution in [3.63, 3.8) is 0 Å². The molecule has 2 aromatic rings. The summed E-state index contributed by atoms with van der Waals surface area (Å²) < 4.78 is 31.9. The minimum absolute atomic E-state index is 0.278. The van der Waals surface area contributed by atoms with Crippen LogP contribution in [0.25, 0.3) is 0 Å². The highest BCUT2D eigenvalue weighted by molar-refractivity contribution is 6.80. The maximum atomic E-state index is 13.0. The van der Waals surface area contributed by atoms with Gasteiger partial charge < -0.3 is 4.65 Å². The molecular formula is C16H17BF2O. The van der Waals surface area contributed by atoms with Gasteiger partial charge in [-0.05, 0) is 41.6 Å². The largest absolute Gasteiger partial charge is 0.427 e. The molecule has 20 heavy (non-hydrogen) atoms. The van der Waals surface area contributed by atoms with Crippen molar-refractivity contribution < 1.29 is 13.4 Å².